The van der Waals surface area contributed by atoms with Crippen molar-refractivity contribution in [2.45, 2.75) is 13.0 Å². The van der Waals surface area contributed by atoms with Gasteiger partial charge in [-0.25, -0.2) is 4.79 Å². The SMILES string of the molecule is CC(C#CO)NC(=O)O. The van der Waals surface area contributed by atoms with Gasteiger partial charge in [0.25, 0.3) is 0 Å². The molecule has 0 fully saturated rings. The number of aliphatic hydroxyl groups is 1. The highest BCUT2D eigenvalue weighted by atomic mass is 16.4. The average Bonchev–Trinajstić information content (AvgIpc) is 1.63. The highest BCUT2D eigenvalue weighted by Gasteiger charge is 1.98. The van der Waals surface area contributed by atoms with E-state index in [9.17, 15) is 4.79 Å². The van der Waals surface area contributed by atoms with Gasteiger partial charge in [-0.2, -0.15) is 0 Å². The molecule has 1 atom stereocenters. The summed E-state index contributed by atoms with van der Waals surface area (Å²) in [5.74, 6) is 2.19. The molecule has 0 saturated carbocycles. The van der Waals surface area contributed by atoms with Crippen LogP contribution in [0.2, 0.25) is 0 Å². The van der Waals surface area contributed by atoms with Crippen molar-refractivity contribution in [2.75, 3.05) is 0 Å². The van der Waals surface area contributed by atoms with E-state index < -0.39 is 12.1 Å². The Morgan fingerprint density at radius 1 is 1.78 bits per heavy atom. The lowest BCUT2D eigenvalue weighted by Crippen LogP contribution is -2.29. The standard InChI is InChI=1S/C5H7NO3/c1-4(2-3-7)6-5(8)9/h4,6-7H,1H3,(H,8,9). The number of rotatable bonds is 1. The summed E-state index contributed by atoms with van der Waals surface area (Å²) < 4.78 is 0. The predicted molar refractivity (Wildman–Crippen MR) is 30.3 cm³/mol. The van der Waals surface area contributed by atoms with Gasteiger partial charge in [-0.15, -0.1) is 0 Å². The lowest BCUT2D eigenvalue weighted by molar-refractivity contribution is 0.193. The Hall–Kier alpha value is -1.37. The number of carbonyl (C=O) groups is 1. The molecule has 0 saturated heterocycles. The maximum absolute atomic E-state index is 9.82. The van der Waals surface area contributed by atoms with Crippen molar-refractivity contribution in [3.8, 4) is 12.0 Å². The van der Waals surface area contributed by atoms with Crippen molar-refractivity contribution in [1.82, 2.24) is 5.32 Å². The van der Waals surface area contributed by atoms with Crippen molar-refractivity contribution in [2.24, 2.45) is 0 Å². The van der Waals surface area contributed by atoms with Crippen molar-refractivity contribution < 1.29 is 15.0 Å². The fourth-order valence-electron chi connectivity index (χ4n) is 0.318. The molecule has 0 aromatic rings. The van der Waals surface area contributed by atoms with Crippen LogP contribution >= 0.6 is 0 Å². The van der Waals surface area contributed by atoms with Gasteiger partial charge in [0.1, 0.15) is 6.11 Å². The fourth-order valence-corrected chi connectivity index (χ4v) is 0.318. The van der Waals surface area contributed by atoms with Crippen molar-refractivity contribution in [3.05, 3.63) is 0 Å². The zero-order valence-corrected chi connectivity index (χ0v) is 4.88. The molecule has 9 heavy (non-hydrogen) atoms. The predicted octanol–water partition coefficient (Wildman–Crippen LogP) is -0.0241. The summed E-state index contributed by atoms with van der Waals surface area (Å²) in [6, 6.07) is -0.521. The minimum absolute atomic E-state index is 0.521. The maximum atomic E-state index is 9.82. The number of aliphatic hydroxyl groups excluding tert-OH is 1. The van der Waals surface area contributed by atoms with Gasteiger partial charge in [-0.1, -0.05) is 0 Å². The molecule has 1 unspecified atom stereocenters. The summed E-state index contributed by atoms with van der Waals surface area (Å²) >= 11 is 0. The molecule has 0 spiro atoms. The maximum Gasteiger partial charge on any atom is 0.405 e. The number of hydrogen-bond acceptors (Lipinski definition) is 2. The largest absolute Gasteiger partial charge is 0.465 e. The van der Waals surface area contributed by atoms with Gasteiger partial charge in [0.2, 0.25) is 0 Å². The summed E-state index contributed by atoms with van der Waals surface area (Å²) in [5.41, 5.74) is 0. The van der Waals surface area contributed by atoms with Crippen LogP contribution in [0, 0.1) is 12.0 Å². The third-order valence-corrected chi connectivity index (χ3v) is 0.621. The first-order chi connectivity index (χ1) is 4.16. The molecule has 0 bridgehead atoms. The van der Waals surface area contributed by atoms with Gasteiger partial charge in [0.15, 0.2) is 0 Å². The molecule has 0 radical (unpaired) electrons. The van der Waals surface area contributed by atoms with Crippen LogP contribution in [-0.4, -0.2) is 22.3 Å². The fraction of sp³-hybridized carbons (Fsp3) is 0.400. The molecule has 0 aromatic carbocycles. The van der Waals surface area contributed by atoms with Crippen LogP contribution in [0.25, 0.3) is 0 Å². The quantitative estimate of drug-likeness (QED) is 0.435. The first-order valence-corrected chi connectivity index (χ1v) is 2.31. The Morgan fingerprint density at radius 3 is 2.67 bits per heavy atom. The first kappa shape index (κ1) is 7.63. The van der Waals surface area contributed by atoms with E-state index >= 15 is 0 Å². The second-order valence-electron chi connectivity index (χ2n) is 1.43. The molecule has 1 amide bonds. The van der Waals surface area contributed by atoms with Gasteiger partial charge in [-0.3, -0.25) is 0 Å². The van der Waals surface area contributed by atoms with Gasteiger partial charge in [-0.05, 0) is 12.8 Å². The number of carboxylic acid groups (broad SMARTS) is 1. The molecule has 50 valence electrons. The zero-order valence-electron chi connectivity index (χ0n) is 4.88. The minimum Gasteiger partial charge on any atom is -0.465 e. The van der Waals surface area contributed by atoms with Gasteiger partial charge >= 0.3 is 6.09 Å². The van der Waals surface area contributed by atoms with Crippen molar-refractivity contribution in [1.29, 1.82) is 0 Å². The number of amides is 1. The number of hydrogen-bond donors (Lipinski definition) is 3. The molecule has 4 heteroatoms. The smallest absolute Gasteiger partial charge is 0.405 e. The second-order valence-corrected chi connectivity index (χ2v) is 1.43. The number of nitrogens with one attached hydrogen (secondary N) is 1. The Balaban J connectivity index is 3.59. The molecule has 0 rings (SSSR count). The average molecular weight is 129 g/mol. The van der Waals surface area contributed by atoms with E-state index in [2.05, 4.69) is 5.92 Å². The highest BCUT2D eigenvalue weighted by molar-refractivity contribution is 5.65. The van der Waals surface area contributed by atoms with E-state index in [1.54, 1.807) is 6.11 Å². The third kappa shape index (κ3) is 4.48. The van der Waals surface area contributed by atoms with Gasteiger partial charge < -0.3 is 15.5 Å². The van der Waals surface area contributed by atoms with E-state index in [-0.39, 0.29) is 0 Å². The Labute approximate surface area is 52.5 Å². The van der Waals surface area contributed by atoms with Crippen molar-refractivity contribution in [3.63, 3.8) is 0 Å². The van der Waals surface area contributed by atoms with Crippen LogP contribution in [0.5, 0.6) is 0 Å². The van der Waals surface area contributed by atoms with Crippen molar-refractivity contribution >= 4 is 6.09 Å². The van der Waals surface area contributed by atoms with Crippen LogP contribution in [0.15, 0.2) is 0 Å². The molecular weight excluding hydrogens is 122 g/mol. The minimum atomic E-state index is -1.15. The van der Waals surface area contributed by atoms with Gasteiger partial charge in [0.05, 0.1) is 6.04 Å². The molecular formula is C5H7NO3. The first-order valence-electron chi connectivity index (χ1n) is 2.31. The molecule has 0 heterocycles. The highest BCUT2D eigenvalue weighted by Crippen LogP contribution is 1.74. The van der Waals surface area contributed by atoms with E-state index in [0.717, 1.165) is 0 Å². The topological polar surface area (TPSA) is 69.6 Å². The molecule has 0 aliphatic rings. The molecule has 0 aliphatic heterocycles. The monoisotopic (exact) mass is 129 g/mol. The molecule has 0 aromatic heterocycles. The summed E-state index contributed by atoms with van der Waals surface area (Å²) in [5, 5.41) is 18.0. The lowest BCUT2D eigenvalue weighted by Gasteiger charge is -1.99. The van der Waals surface area contributed by atoms with Gasteiger partial charge in [0, 0.05) is 0 Å². The summed E-state index contributed by atoms with van der Waals surface area (Å²) in [6.45, 7) is 1.53. The summed E-state index contributed by atoms with van der Waals surface area (Å²) in [6.07, 6.45) is 0.449. The summed E-state index contributed by atoms with van der Waals surface area (Å²) in [7, 11) is 0. The lowest BCUT2D eigenvalue weighted by atomic mass is 10.4. The zero-order chi connectivity index (χ0) is 7.28. The van der Waals surface area contributed by atoms with Crippen LogP contribution in [-0.2, 0) is 0 Å². The van der Waals surface area contributed by atoms with E-state index in [1.807, 2.05) is 5.32 Å². The van der Waals surface area contributed by atoms with Crippen LogP contribution in [0.3, 0.4) is 0 Å². The Morgan fingerprint density at radius 2 is 2.33 bits per heavy atom. The summed E-state index contributed by atoms with van der Waals surface area (Å²) in [4.78, 5) is 9.82. The molecule has 4 nitrogen and oxygen atoms in total. The van der Waals surface area contributed by atoms with E-state index in [0.29, 0.717) is 0 Å². The molecule has 0 aliphatic carbocycles. The van der Waals surface area contributed by atoms with E-state index in [1.165, 1.54) is 6.92 Å². The Kier molecular flexibility index (Phi) is 3.06. The van der Waals surface area contributed by atoms with Crippen LogP contribution < -0.4 is 5.32 Å². The second kappa shape index (κ2) is 3.61. The Bertz CT molecular complexity index is 155. The molecule has 3 N–H and O–H groups in total. The normalized spacial score (nSPS) is 10.8. The third-order valence-electron chi connectivity index (χ3n) is 0.621. The van der Waals surface area contributed by atoms with Crippen LogP contribution in [0.1, 0.15) is 6.92 Å². The van der Waals surface area contributed by atoms with Crippen LogP contribution in [0.4, 0.5) is 4.79 Å². The van der Waals surface area contributed by atoms with E-state index in [4.69, 9.17) is 10.2 Å².